The van der Waals surface area contributed by atoms with E-state index in [0.29, 0.717) is 11.1 Å². The van der Waals surface area contributed by atoms with Crippen molar-refractivity contribution in [2.45, 2.75) is 19.4 Å². The van der Waals surface area contributed by atoms with Gasteiger partial charge in [-0.3, -0.25) is 4.99 Å². The molecule has 1 aliphatic heterocycles. The maximum absolute atomic E-state index is 6.01. The lowest BCUT2D eigenvalue weighted by Crippen LogP contribution is -2.11. The van der Waals surface area contributed by atoms with Crippen LogP contribution in [0.5, 0.6) is 5.75 Å². The summed E-state index contributed by atoms with van der Waals surface area (Å²) in [5.74, 6) is 0.743. The van der Waals surface area contributed by atoms with Gasteiger partial charge in [-0.05, 0) is 36.6 Å². The van der Waals surface area contributed by atoms with Crippen molar-refractivity contribution in [1.29, 1.82) is 0 Å². The molecule has 14 heavy (non-hydrogen) atoms. The van der Waals surface area contributed by atoms with Gasteiger partial charge in [-0.15, -0.1) is 0 Å². The minimum atomic E-state index is 0.355. The summed E-state index contributed by atoms with van der Waals surface area (Å²) < 4.78 is 5.17. The van der Waals surface area contributed by atoms with Gasteiger partial charge < -0.3 is 4.74 Å². The first kappa shape index (κ1) is 9.53. The zero-order valence-electron chi connectivity index (χ0n) is 8.25. The van der Waals surface area contributed by atoms with E-state index in [9.17, 15) is 0 Å². The molecule has 1 aromatic carbocycles. The highest BCUT2D eigenvalue weighted by molar-refractivity contribution is 6.32. The SMILES string of the molecule is COc1cc2c(cc1Cl)C=N[C@@H](C)C2. The number of hydrogen-bond acceptors (Lipinski definition) is 2. The molecule has 3 heteroatoms. The second-order valence-corrected chi connectivity index (χ2v) is 3.92. The number of hydrogen-bond donors (Lipinski definition) is 0. The van der Waals surface area contributed by atoms with Crippen molar-refractivity contribution >= 4 is 17.8 Å². The first-order valence-electron chi connectivity index (χ1n) is 4.60. The van der Waals surface area contributed by atoms with Crippen LogP contribution in [0.2, 0.25) is 5.02 Å². The van der Waals surface area contributed by atoms with Crippen LogP contribution in [0.15, 0.2) is 17.1 Å². The predicted molar refractivity (Wildman–Crippen MR) is 58.8 cm³/mol. The monoisotopic (exact) mass is 209 g/mol. The molecular weight excluding hydrogens is 198 g/mol. The molecule has 1 atom stereocenters. The highest BCUT2D eigenvalue weighted by Gasteiger charge is 2.13. The molecule has 2 nitrogen and oxygen atoms in total. The van der Waals surface area contributed by atoms with Crippen LogP contribution in [0.25, 0.3) is 0 Å². The molecule has 0 aliphatic carbocycles. The normalized spacial score (nSPS) is 19.2. The molecule has 0 fully saturated rings. The summed E-state index contributed by atoms with van der Waals surface area (Å²) in [6.07, 6.45) is 2.84. The Bertz CT molecular complexity index is 387. The minimum absolute atomic E-state index is 0.355. The number of ether oxygens (including phenoxy) is 1. The quantitative estimate of drug-likeness (QED) is 0.697. The number of methoxy groups -OCH3 is 1. The Balaban J connectivity index is 2.48. The van der Waals surface area contributed by atoms with Gasteiger partial charge in [0.2, 0.25) is 0 Å². The topological polar surface area (TPSA) is 21.6 Å². The van der Waals surface area contributed by atoms with Crippen LogP contribution in [0.4, 0.5) is 0 Å². The molecule has 0 bridgehead atoms. The van der Waals surface area contributed by atoms with E-state index in [2.05, 4.69) is 11.9 Å². The zero-order chi connectivity index (χ0) is 10.1. The molecule has 0 unspecified atom stereocenters. The molecule has 1 heterocycles. The van der Waals surface area contributed by atoms with Gasteiger partial charge in [-0.25, -0.2) is 0 Å². The van der Waals surface area contributed by atoms with Crippen molar-refractivity contribution in [3.63, 3.8) is 0 Å². The molecule has 0 radical (unpaired) electrons. The lowest BCUT2D eigenvalue weighted by Gasteiger charge is -2.16. The molecule has 1 aromatic rings. The number of nitrogens with zero attached hydrogens (tertiary/aromatic N) is 1. The summed E-state index contributed by atoms with van der Waals surface area (Å²) in [4.78, 5) is 4.34. The lowest BCUT2D eigenvalue weighted by molar-refractivity contribution is 0.414. The van der Waals surface area contributed by atoms with E-state index < -0.39 is 0 Å². The Morgan fingerprint density at radius 2 is 2.29 bits per heavy atom. The maximum atomic E-state index is 6.01. The van der Waals surface area contributed by atoms with Crippen LogP contribution in [0, 0.1) is 0 Å². The van der Waals surface area contributed by atoms with Crippen LogP contribution >= 0.6 is 11.6 Å². The first-order chi connectivity index (χ1) is 6.70. The second-order valence-electron chi connectivity index (χ2n) is 3.52. The highest BCUT2D eigenvalue weighted by atomic mass is 35.5. The predicted octanol–water partition coefficient (Wildman–Crippen LogP) is 2.71. The summed E-state index contributed by atoms with van der Waals surface area (Å²) in [6, 6.07) is 4.26. The average molecular weight is 210 g/mol. The maximum Gasteiger partial charge on any atom is 0.137 e. The van der Waals surface area contributed by atoms with Gasteiger partial charge in [0.05, 0.1) is 18.2 Å². The van der Waals surface area contributed by atoms with Gasteiger partial charge >= 0.3 is 0 Å². The molecule has 0 aromatic heterocycles. The van der Waals surface area contributed by atoms with Gasteiger partial charge in [0, 0.05) is 6.21 Å². The summed E-state index contributed by atoms with van der Waals surface area (Å²) in [7, 11) is 1.63. The van der Waals surface area contributed by atoms with Gasteiger partial charge in [-0.2, -0.15) is 0 Å². The fraction of sp³-hybridized carbons (Fsp3) is 0.364. The van der Waals surface area contributed by atoms with E-state index in [-0.39, 0.29) is 0 Å². The van der Waals surface area contributed by atoms with E-state index in [1.54, 1.807) is 7.11 Å². The smallest absolute Gasteiger partial charge is 0.137 e. The molecule has 0 spiro atoms. The summed E-state index contributed by atoms with van der Waals surface area (Å²) >= 11 is 6.01. The van der Waals surface area contributed by atoms with Crippen LogP contribution in [0.3, 0.4) is 0 Å². The van der Waals surface area contributed by atoms with Crippen molar-refractivity contribution in [3.8, 4) is 5.75 Å². The largest absolute Gasteiger partial charge is 0.495 e. The van der Waals surface area contributed by atoms with E-state index in [1.807, 2.05) is 18.3 Å². The van der Waals surface area contributed by atoms with Crippen LogP contribution in [-0.2, 0) is 6.42 Å². The third kappa shape index (κ3) is 1.62. The molecule has 74 valence electrons. The number of rotatable bonds is 1. The molecule has 0 saturated heterocycles. The lowest BCUT2D eigenvalue weighted by atomic mass is 9.99. The Morgan fingerprint density at radius 1 is 1.50 bits per heavy atom. The van der Waals surface area contributed by atoms with Gasteiger partial charge in [0.25, 0.3) is 0 Å². The fourth-order valence-electron chi connectivity index (χ4n) is 1.64. The standard InChI is InChI=1S/C11H12ClNO/c1-7-3-8-5-11(14-2)10(12)4-9(8)6-13-7/h4-7H,3H2,1-2H3/t7-/m0/s1. The van der Waals surface area contributed by atoms with Crippen molar-refractivity contribution in [2.24, 2.45) is 4.99 Å². The Hall–Kier alpha value is -1.02. The Morgan fingerprint density at radius 3 is 3.00 bits per heavy atom. The number of fused-ring (bicyclic) bond motifs is 1. The van der Waals surface area contributed by atoms with Crippen molar-refractivity contribution in [3.05, 3.63) is 28.3 Å². The summed E-state index contributed by atoms with van der Waals surface area (Å²) in [6.45, 7) is 2.10. The van der Waals surface area contributed by atoms with Crippen molar-refractivity contribution in [1.82, 2.24) is 0 Å². The van der Waals surface area contributed by atoms with Gasteiger partial charge in [0.1, 0.15) is 5.75 Å². The van der Waals surface area contributed by atoms with E-state index in [0.717, 1.165) is 17.7 Å². The zero-order valence-corrected chi connectivity index (χ0v) is 9.01. The highest BCUT2D eigenvalue weighted by Crippen LogP contribution is 2.29. The molecule has 1 aliphatic rings. The molecule has 0 saturated carbocycles. The van der Waals surface area contributed by atoms with E-state index >= 15 is 0 Å². The minimum Gasteiger partial charge on any atom is -0.495 e. The van der Waals surface area contributed by atoms with Crippen molar-refractivity contribution < 1.29 is 4.74 Å². The third-order valence-corrected chi connectivity index (χ3v) is 2.69. The summed E-state index contributed by atoms with van der Waals surface area (Å²) in [5, 5.41) is 0.646. The van der Waals surface area contributed by atoms with E-state index in [4.69, 9.17) is 16.3 Å². The fourth-order valence-corrected chi connectivity index (χ4v) is 1.89. The Labute approximate surface area is 88.6 Å². The van der Waals surface area contributed by atoms with Gasteiger partial charge in [-0.1, -0.05) is 11.6 Å². The third-order valence-electron chi connectivity index (χ3n) is 2.40. The number of benzene rings is 1. The van der Waals surface area contributed by atoms with Crippen LogP contribution < -0.4 is 4.74 Å². The molecule has 0 N–H and O–H groups in total. The average Bonchev–Trinajstić information content (AvgIpc) is 2.17. The van der Waals surface area contributed by atoms with Crippen LogP contribution in [-0.4, -0.2) is 19.4 Å². The van der Waals surface area contributed by atoms with E-state index in [1.165, 1.54) is 5.56 Å². The van der Waals surface area contributed by atoms with Crippen LogP contribution in [0.1, 0.15) is 18.1 Å². The number of halogens is 1. The summed E-state index contributed by atoms with van der Waals surface area (Å²) in [5.41, 5.74) is 2.36. The molecular formula is C11H12ClNO. The van der Waals surface area contributed by atoms with Crippen molar-refractivity contribution in [2.75, 3.05) is 7.11 Å². The molecule has 0 amide bonds. The molecule has 2 rings (SSSR count). The second kappa shape index (κ2) is 3.62. The number of aliphatic imine (C=N–C) groups is 1. The Kier molecular flexibility index (Phi) is 2.46. The first-order valence-corrected chi connectivity index (χ1v) is 4.98. The van der Waals surface area contributed by atoms with Gasteiger partial charge in [0.15, 0.2) is 0 Å².